The average Bonchev–Trinajstić information content (AvgIpc) is 3.33. The molecule has 4 heterocycles. The van der Waals surface area contributed by atoms with Gasteiger partial charge in [0.05, 0.1) is 6.04 Å². The minimum absolute atomic E-state index is 0.0606. The third kappa shape index (κ3) is 2.92. The third-order valence-corrected chi connectivity index (χ3v) is 6.75. The highest BCUT2D eigenvalue weighted by Gasteiger charge is 2.32. The van der Waals surface area contributed by atoms with Gasteiger partial charge in [0.2, 0.25) is 5.91 Å². The van der Waals surface area contributed by atoms with E-state index in [2.05, 4.69) is 29.0 Å². The van der Waals surface area contributed by atoms with Gasteiger partial charge in [-0.1, -0.05) is 12.1 Å². The first kappa shape index (κ1) is 14.9. The Labute approximate surface area is 147 Å². The summed E-state index contributed by atoms with van der Waals surface area (Å²) in [6.45, 7) is 0.781. The molecule has 0 saturated carbocycles. The lowest BCUT2D eigenvalue weighted by Gasteiger charge is -2.34. The van der Waals surface area contributed by atoms with Crippen molar-refractivity contribution in [2.75, 3.05) is 6.54 Å². The largest absolute Gasteiger partial charge is 0.327 e. The molecule has 1 atom stereocenters. The Morgan fingerprint density at radius 3 is 2.74 bits per heavy atom. The summed E-state index contributed by atoms with van der Waals surface area (Å²) in [7, 11) is 0. The van der Waals surface area contributed by atoms with Crippen molar-refractivity contribution in [3.63, 3.8) is 0 Å². The Bertz CT molecular complexity index is 814. The van der Waals surface area contributed by atoms with Crippen LogP contribution in [0.1, 0.15) is 26.2 Å². The molecular weight excluding hydrogens is 342 g/mol. The molecule has 0 spiro atoms. The highest BCUT2D eigenvalue weighted by Crippen LogP contribution is 2.39. The number of hydrogen-bond acceptors (Lipinski definition) is 4. The molecule has 0 saturated heterocycles. The smallest absolute Gasteiger partial charge is 0.247 e. The SMILES string of the molecule is O=C(/C=C/c1cccs1)N1CCc2sccc2[C@@H]1c1cccs1. The Morgan fingerprint density at radius 2 is 1.96 bits per heavy atom. The number of hydrogen-bond donors (Lipinski definition) is 0. The first-order valence-corrected chi connectivity index (χ1v) is 10.1. The maximum absolute atomic E-state index is 12.8. The molecular formula is C18H15NOS3. The van der Waals surface area contributed by atoms with E-state index in [0.717, 1.165) is 17.8 Å². The molecule has 0 bridgehead atoms. The molecule has 4 rings (SSSR count). The quantitative estimate of drug-likeness (QED) is 0.600. The number of thiophene rings is 3. The minimum atomic E-state index is 0.0606. The van der Waals surface area contributed by atoms with Crippen LogP contribution in [0.25, 0.3) is 6.08 Å². The molecule has 3 aromatic rings. The van der Waals surface area contributed by atoms with Gasteiger partial charge in [-0.25, -0.2) is 0 Å². The second-order valence-electron chi connectivity index (χ2n) is 5.35. The second kappa shape index (κ2) is 6.43. The van der Waals surface area contributed by atoms with Gasteiger partial charge in [0.25, 0.3) is 0 Å². The molecule has 2 nitrogen and oxygen atoms in total. The number of fused-ring (bicyclic) bond motifs is 1. The molecule has 116 valence electrons. The van der Waals surface area contributed by atoms with Crippen molar-refractivity contribution >= 4 is 46.0 Å². The van der Waals surface area contributed by atoms with Gasteiger partial charge < -0.3 is 4.90 Å². The topological polar surface area (TPSA) is 20.3 Å². The lowest BCUT2D eigenvalue weighted by molar-refractivity contribution is -0.127. The molecule has 0 N–H and O–H groups in total. The van der Waals surface area contributed by atoms with Crippen molar-refractivity contribution < 1.29 is 4.79 Å². The summed E-state index contributed by atoms with van der Waals surface area (Å²) < 4.78 is 0. The Balaban J connectivity index is 1.65. The van der Waals surface area contributed by atoms with Crippen LogP contribution in [0.2, 0.25) is 0 Å². The lowest BCUT2D eigenvalue weighted by Crippen LogP contribution is -2.38. The summed E-state index contributed by atoms with van der Waals surface area (Å²) in [6, 6.07) is 10.5. The summed E-state index contributed by atoms with van der Waals surface area (Å²) in [5, 5.41) is 6.25. The average molecular weight is 358 g/mol. The fourth-order valence-corrected chi connectivity index (χ4v) is 5.32. The lowest BCUT2D eigenvalue weighted by atomic mass is 9.98. The maximum Gasteiger partial charge on any atom is 0.247 e. The van der Waals surface area contributed by atoms with E-state index in [9.17, 15) is 4.79 Å². The molecule has 0 fully saturated rings. The van der Waals surface area contributed by atoms with Crippen molar-refractivity contribution in [3.05, 3.63) is 72.7 Å². The first-order valence-electron chi connectivity index (χ1n) is 7.45. The molecule has 0 aliphatic carbocycles. The molecule has 0 radical (unpaired) electrons. The van der Waals surface area contributed by atoms with Gasteiger partial charge in [-0.05, 0) is 52.4 Å². The van der Waals surface area contributed by atoms with E-state index in [-0.39, 0.29) is 11.9 Å². The molecule has 1 aliphatic heterocycles. The van der Waals surface area contributed by atoms with Crippen molar-refractivity contribution in [1.29, 1.82) is 0 Å². The van der Waals surface area contributed by atoms with Gasteiger partial charge in [0.15, 0.2) is 0 Å². The Morgan fingerprint density at radius 1 is 1.09 bits per heavy atom. The zero-order valence-electron chi connectivity index (χ0n) is 12.3. The van der Waals surface area contributed by atoms with Gasteiger partial charge in [-0.3, -0.25) is 4.79 Å². The Kier molecular flexibility index (Phi) is 4.16. The van der Waals surface area contributed by atoms with Crippen molar-refractivity contribution in [2.45, 2.75) is 12.5 Å². The molecule has 5 heteroatoms. The van der Waals surface area contributed by atoms with Gasteiger partial charge in [-0.15, -0.1) is 34.0 Å². The number of nitrogens with zero attached hydrogens (tertiary/aromatic N) is 1. The molecule has 3 aromatic heterocycles. The van der Waals surface area contributed by atoms with Crippen molar-refractivity contribution in [1.82, 2.24) is 4.90 Å². The van der Waals surface area contributed by atoms with Gasteiger partial charge in [0.1, 0.15) is 0 Å². The van der Waals surface area contributed by atoms with Crippen LogP contribution in [0.4, 0.5) is 0 Å². The highest BCUT2D eigenvalue weighted by atomic mass is 32.1. The summed E-state index contributed by atoms with van der Waals surface area (Å²) in [4.78, 5) is 18.5. The predicted octanol–water partition coefficient (Wildman–Crippen LogP) is 5.06. The Hall–Kier alpha value is -1.69. The zero-order chi connectivity index (χ0) is 15.6. The standard InChI is InChI=1S/C18H15NOS3/c20-17(6-5-13-3-1-10-21-13)19-9-7-15-14(8-12-23-15)18(19)16-4-2-11-22-16/h1-6,8,10-12,18H,7,9H2/b6-5+/t18-/m1/s1. The van der Waals surface area contributed by atoms with Crippen LogP contribution < -0.4 is 0 Å². The maximum atomic E-state index is 12.8. The summed E-state index contributed by atoms with van der Waals surface area (Å²) in [5.74, 6) is 0.0913. The third-order valence-electron chi connectivity index (χ3n) is 4.00. The number of rotatable bonds is 3. The zero-order valence-corrected chi connectivity index (χ0v) is 14.8. The summed E-state index contributed by atoms with van der Waals surface area (Å²) in [5.41, 5.74) is 1.29. The van der Waals surface area contributed by atoms with Crippen LogP contribution in [-0.4, -0.2) is 17.4 Å². The number of carbonyl (C=O) groups excluding carboxylic acids is 1. The van der Waals surface area contributed by atoms with Crippen molar-refractivity contribution in [3.8, 4) is 0 Å². The first-order chi connectivity index (χ1) is 11.3. The van der Waals surface area contributed by atoms with E-state index in [1.165, 1.54) is 15.3 Å². The van der Waals surface area contributed by atoms with Crippen LogP contribution in [0.3, 0.4) is 0 Å². The van der Waals surface area contributed by atoms with Gasteiger partial charge in [0, 0.05) is 27.3 Å². The number of amides is 1. The second-order valence-corrected chi connectivity index (χ2v) is 8.31. The predicted molar refractivity (Wildman–Crippen MR) is 99.3 cm³/mol. The van der Waals surface area contributed by atoms with E-state index in [1.54, 1.807) is 40.1 Å². The van der Waals surface area contributed by atoms with E-state index in [4.69, 9.17) is 0 Å². The summed E-state index contributed by atoms with van der Waals surface area (Å²) in [6.07, 6.45) is 4.58. The molecule has 1 amide bonds. The van der Waals surface area contributed by atoms with Crippen LogP contribution in [0.15, 0.2) is 52.5 Å². The highest BCUT2D eigenvalue weighted by molar-refractivity contribution is 7.11. The number of carbonyl (C=O) groups is 1. The van der Waals surface area contributed by atoms with Gasteiger partial charge in [-0.2, -0.15) is 0 Å². The van der Waals surface area contributed by atoms with Crippen LogP contribution >= 0.6 is 34.0 Å². The van der Waals surface area contributed by atoms with Crippen LogP contribution in [-0.2, 0) is 11.2 Å². The normalized spacial score (nSPS) is 17.6. The van der Waals surface area contributed by atoms with Gasteiger partial charge >= 0.3 is 0 Å². The van der Waals surface area contributed by atoms with E-state index < -0.39 is 0 Å². The summed E-state index contributed by atoms with van der Waals surface area (Å²) >= 11 is 5.17. The molecule has 1 aliphatic rings. The van der Waals surface area contributed by atoms with Crippen molar-refractivity contribution in [2.24, 2.45) is 0 Å². The minimum Gasteiger partial charge on any atom is -0.327 e. The van der Waals surface area contributed by atoms with E-state index in [0.29, 0.717) is 0 Å². The molecule has 0 unspecified atom stereocenters. The fourth-order valence-electron chi connectivity index (χ4n) is 2.94. The molecule has 23 heavy (non-hydrogen) atoms. The molecule has 0 aromatic carbocycles. The van der Waals surface area contributed by atoms with E-state index >= 15 is 0 Å². The van der Waals surface area contributed by atoms with E-state index in [1.807, 2.05) is 28.5 Å². The monoisotopic (exact) mass is 357 g/mol. The van der Waals surface area contributed by atoms with Crippen LogP contribution in [0, 0.1) is 0 Å². The van der Waals surface area contributed by atoms with Crippen LogP contribution in [0.5, 0.6) is 0 Å². The fraction of sp³-hybridized carbons (Fsp3) is 0.167.